The second-order valence-electron chi connectivity index (χ2n) is 6.01. The molecule has 2 amide bonds. The molecule has 1 atom stereocenters. The van der Waals surface area contributed by atoms with Gasteiger partial charge in [-0.3, -0.25) is 4.90 Å². The zero-order chi connectivity index (χ0) is 14.1. The average molecular weight is 274 g/mol. The molecular weight excluding hydrogens is 252 g/mol. The number of fused-ring (bicyclic) bond motifs is 1. The van der Waals surface area contributed by atoms with Crippen LogP contribution < -0.4 is 10.2 Å². The fraction of sp³-hybridized carbons (Fsp3) is 0.562. The Morgan fingerprint density at radius 3 is 2.70 bits per heavy atom. The Bertz CT molecular complexity index is 495. The monoisotopic (exact) mass is 274 g/mol. The number of carbonyl (C=O) groups is 1. The molecule has 1 aromatic carbocycles. The maximum atomic E-state index is 12.5. The number of benzene rings is 1. The predicted molar refractivity (Wildman–Crippen MR) is 78.9 cm³/mol. The molecule has 0 spiro atoms. The van der Waals surface area contributed by atoms with E-state index in [1.807, 2.05) is 23.1 Å². The van der Waals surface area contributed by atoms with E-state index in [-0.39, 0.29) is 24.2 Å². The molecule has 1 aliphatic carbocycles. The first kappa shape index (κ1) is 13.4. The van der Waals surface area contributed by atoms with Gasteiger partial charge in [-0.05, 0) is 50.7 Å². The largest absolute Gasteiger partial charge is 0.393 e. The number of para-hydroxylation sites is 1. The highest BCUT2D eigenvalue weighted by Crippen LogP contribution is 2.32. The molecule has 20 heavy (non-hydrogen) atoms. The van der Waals surface area contributed by atoms with Crippen LogP contribution in [0.25, 0.3) is 0 Å². The summed E-state index contributed by atoms with van der Waals surface area (Å²) in [6.45, 7) is 2.09. The number of hydrogen-bond acceptors (Lipinski definition) is 2. The smallest absolute Gasteiger partial charge is 0.322 e. The number of aliphatic hydroxyl groups is 1. The normalized spacial score (nSPS) is 29.1. The van der Waals surface area contributed by atoms with Crippen LogP contribution >= 0.6 is 0 Å². The number of carbonyl (C=O) groups excluding carboxylic acids is 1. The first-order valence-corrected chi connectivity index (χ1v) is 7.51. The van der Waals surface area contributed by atoms with Crippen molar-refractivity contribution in [3.8, 4) is 0 Å². The molecule has 1 saturated carbocycles. The van der Waals surface area contributed by atoms with Gasteiger partial charge in [-0.1, -0.05) is 18.2 Å². The van der Waals surface area contributed by atoms with Gasteiger partial charge in [-0.25, -0.2) is 4.79 Å². The molecule has 2 N–H and O–H groups in total. The molecule has 3 rings (SSSR count). The van der Waals surface area contributed by atoms with Gasteiger partial charge in [0.2, 0.25) is 0 Å². The summed E-state index contributed by atoms with van der Waals surface area (Å²) in [5.74, 6) is 0. The van der Waals surface area contributed by atoms with Gasteiger partial charge in [0.15, 0.2) is 0 Å². The zero-order valence-corrected chi connectivity index (χ0v) is 11.9. The molecule has 1 fully saturated rings. The van der Waals surface area contributed by atoms with Crippen molar-refractivity contribution in [1.82, 2.24) is 5.32 Å². The van der Waals surface area contributed by atoms with E-state index in [0.29, 0.717) is 0 Å². The van der Waals surface area contributed by atoms with Crippen LogP contribution in [-0.4, -0.2) is 29.3 Å². The maximum Gasteiger partial charge on any atom is 0.322 e. The summed E-state index contributed by atoms with van der Waals surface area (Å²) in [5, 5.41) is 12.7. The van der Waals surface area contributed by atoms with E-state index < -0.39 is 0 Å². The van der Waals surface area contributed by atoms with Crippen LogP contribution in [0.1, 0.15) is 38.2 Å². The summed E-state index contributed by atoms with van der Waals surface area (Å²) in [6, 6.07) is 8.53. The Morgan fingerprint density at radius 2 is 1.95 bits per heavy atom. The van der Waals surface area contributed by atoms with Crippen molar-refractivity contribution < 1.29 is 9.90 Å². The van der Waals surface area contributed by atoms with Crippen LogP contribution in [0, 0.1) is 0 Å². The van der Waals surface area contributed by atoms with Crippen LogP contribution in [0.2, 0.25) is 0 Å². The highest BCUT2D eigenvalue weighted by atomic mass is 16.3. The van der Waals surface area contributed by atoms with Gasteiger partial charge in [-0.2, -0.15) is 0 Å². The van der Waals surface area contributed by atoms with Gasteiger partial charge in [0.05, 0.1) is 6.10 Å². The summed E-state index contributed by atoms with van der Waals surface area (Å²) < 4.78 is 0. The van der Waals surface area contributed by atoms with Crippen LogP contribution in [-0.2, 0) is 6.42 Å². The predicted octanol–water partition coefficient (Wildman–Crippen LogP) is 2.45. The molecule has 108 valence electrons. The highest BCUT2D eigenvalue weighted by Gasteiger charge is 2.32. The van der Waals surface area contributed by atoms with Gasteiger partial charge >= 0.3 is 6.03 Å². The number of nitrogens with zero attached hydrogens (tertiary/aromatic N) is 1. The Labute approximate surface area is 119 Å². The van der Waals surface area contributed by atoms with Crippen LogP contribution in [0.15, 0.2) is 24.3 Å². The van der Waals surface area contributed by atoms with Crippen LogP contribution in [0.5, 0.6) is 0 Å². The summed E-state index contributed by atoms with van der Waals surface area (Å²) in [6.07, 6.45) is 4.06. The van der Waals surface area contributed by atoms with Gasteiger partial charge in [0.1, 0.15) is 0 Å². The lowest BCUT2D eigenvalue weighted by atomic mass is 9.93. The van der Waals surface area contributed by atoms with E-state index in [4.69, 9.17) is 0 Å². The Kier molecular flexibility index (Phi) is 3.66. The minimum absolute atomic E-state index is 0.00356. The number of nitrogens with one attached hydrogen (secondary N) is 1. The zero-order valence-electron chi connectivity index (χ0n) is 11.9. The van der Waals surface area contributed by atoms with E-state index in [1.165, 1.54) is 5.56 Å². The minimum atomic E-state index is -0.186. The summed E-state index contributed by atoms with van der Waals surface area (Å²) in [7, 11) is 0. The van der Waals surface area contributed by atoms with Crippen LogP contribution in [0.4, 0.5) is 10.5 Å². The second-order valence-corrected chi connectivity index (χ2v) is 6.01. The Hall–Kier alpha value is -1.55. The third kappa shape index (κ3) is 2.52. The number of anilines is 1. The highest BCUT2D eigenvalue weighted by molar-refractivity contribution is 5.95. The maximum absolute atomic E-state index is 12.5. The molecular formula is C16H22N2O2. The lowest BCUT2D eigenvalue weighted by Crippen LogP contribution is -2.48. The van der Waals surface area contributed by atoms with Crippen molar-refractivity contribution in [2.75, 3.05) is 4.90 Å². The van der Waals surface area contributed by atoms with Gasteiger partial charge < -0.3 is 10.4 Å². The second kappa shape index (κ2) is 5.44. The Morgan fingerprint density at radius 1 is 1.25 bits per heavy atom. The number of rotatable bonds is 1. The number of amides is 2. The molecule has 0 aromatic heterocycles. The molecule has 2 aliphatic rings. The van der Waals surface area contributed by atoms with Crippen molar-refractivity contribution in [3.05, 3.63) is 29.8 Å². The van der Waals surface area contributed by atoms with Gasteiger partial charge in [-0.15, -0.1) is 0 Å². The quantitative estimate of drug-likeness (QED) is 0.826. The average Bonchev–Trinajstić information content (AvgIpc) is 2.77. The molecule has 0 radical (unpaired) electrons. The molecule has 1 aliphatic heterocycles. The van der Waals surface area contributed by atoms with E-state index in [0.717, 1.165) is 37.8 Å². The van der Waals surface area contributed by atoms with E-state index in [1.54, 1.807) is 0 Å². The molecule has 1 aromatic rings. The van der Waals surface area contributed by atoms with E-state index in [2.05, 4.69) is 18.3 Å². The molecule has 0 saturated heterocycles. The summed E-state index contributed by atoms with van der Waals surface area (Å²) >= 11 is 0. The van der Waals surface area contributed by atoms with Crippen molar-refractivity contribution in [1.29, 1.82) is 0 Å². The first-order chi connectivity index (χ1) is 9.65. The molecule has 1 unspecified atom stereocenters. The number of hydrogen-bond donors (Lipinski definition) is 2. The van der Waals surface area contributed by atoms with Crippen molar-refractivity contribution in [2.24, 2.45) is 0 Å². The topological polar surface area (TPSA) is 52.6 Å². The van der Waals surface area contributed by atoms with Crippen molar-refractivity contribution >= 4 is 11.7 Å². The van der Waals surface area contributed by atoms with Gasteiger partial charge in [0, 0.05) is 17.8 Å². The molecule has 4 heteroatoms. The van der Waals surface area contributed by atoms with E-state index >= 15 is 0 Å². The fourth-order valence-corrected chi connectivity index (χ4v) is 3.34. The minimum Gasteiger partial charge on any atom is -0.393 e. The van der Waals surface area contributed by atoms with E-state index in [9.17, 15) is 9.90 Å². The number of urea groups is 1. The molecule has 0 bridgehead atoms. The summed E-state index contributed by atoms with van der Waals surface area (Å²) in [4.78, 5) is 14.4. The Balaban J connectivity index is 1.68. The van der Waals surface area contributed by atoms with Gasteiger partial charge in [0.25, 0.3) is 0 Å². The molecule has 1 heterocycles. The summed E-state index contributed by atoms with van der Waals surface area (Å²) in [5.41, 5.74) is 2.28. The lowest BCUT2D eigenvalue weighted by Gasteiger charge is -2.30. The number of aliphatic hydroxyl groups excluding tert-OH is 1. The lowest BCUT2D eigenvalue weighted by molar-refractivity contribution is 0.118. The molecule has 4 nitrogen and oxygen atoms in total. The first-order valence-electron chi connectivity index (χ1n) is 7.51. The van der Waals surface area contributed by atoms with Crippen molar-refractivity contribution in [2.45, 2.75) is 57.2 Å². The van der Waals surface area contributed by atoms with Crippen molar-refractivity contribution in [3.63, 3.8) is 0 Å². The SMILES string of the molecule is CC1Cc2ccccc2N1C(=O)NC1CCC(O)CC1. The van der Waals surface area contributed by atoms with Crippen LogP contribution in [0.3, 0.4) is 0 Å². The standard InChI is InChI=1S/C16H22N2O2/c1-11-10-12-4-2-3-5-15(12)18(11)16(20)17-13-6-8-14(19)9-7-13/h2-5,11,13-14,19H,6-10H2,1H3,(H,17,20). The third-order valence-electron chi connectivity index (χ3n) is 4.45. The third-order valence-corrected chi connectivity index (χ3v) is 4.45. The fourth-order valence-electron chi connectivity index (χ4n) is 3.34.